The summed E-state index contributed by atoms with van der Waals surface area (Å²) in [6.07, 6.45) is 2.96. The maximum absolute atomic E-state index is 13.0. The lowest BCUT2D eigenvalue weighted by atomic mass is 9.76. The van der Waals surface area contributed by atoms with Crippen LogP contribution in [0.2, 0.25) is 0 Å². The van der Waals surface area contributed by atoms with Gasteiger partial charge in [0, 0.05) is 25.0 Å². The summed E-state index contributed by atoms with van der Waals surface area (Å²) in [5.41, 5.74) is 1.62. The normalized spacial score (nSPS) is 22.4. The van der Waals surface area contributed by atoms with Gasteiger partial charge in [-0.25, -0.2) is 0 Å². The molecule has 5 rings (SSSR count). The molecular formula is C20H24N6O2. The second-order valence-corrected chi connectivity index (χ2v) is 8.22. The number of piperidine rings is 1. The van der Waals surface area contributed by atoms with Gasteiger partial charge in [-0.2, -0.15) is 10.1 Å². The van der Waals surface area contributed by atoms with Crippen LogP contribution in [-0.2, 0) is 0 Å². The lowest BCUT2D eigenvalue weighted by Gasteiger charge is -2.39. The van der Waals surface area contributed by atoms with Gasteiger partial charge in [0.15, 0.2) is 11.5 Å². The third kappa shape index (κ3) is 2.79. The van der Waals surface area contributed by atoms with Crippen LogP contribution in [0.3, 0.4) is 0 Å². The van der Waals surface area contributed by atoms with Crippen molar-refractivity contribution in [3.8, 4) is 0 Å². The molecule has 8 heteroatoms. The molecule has 3 aromatic rings. The van der Waals surface area contributed by atoms with Gasteiger partial charge in [-0.1, -0.05) is 23.4 Å². The van der Waals surface area contributed by atoms with E-state index in [1.54, 1.807) is 0 Å². The highest BCUT2D eigenvalue weighted by Gasteiger charge is 2.47. The third-order valence-corrected chi connectivity index (χ3v) is 6.36. The molecule has 2 saturated heterocycles. The number of likely N-dealkylation sites (tertiary alicyclic amines) is 2. The van der Waals surface area contributed by atoms with Crippen molar-refractivity contribution >= 4 is 16.8 Å². The van der Waals surface area contributed by atoms with Crippen LogP contribution in [0.4, 0.5) is 0 Å². The van der Waals surface area contributed by atoms with Crippen molar-refractivity contribution in [1.82, 2.24) is 30.1 Å². The van der Waals surface area contributed by atoms with E-state index in [2.05, 4.69) is 32.3 Å². The zero-order valence-electron chi connectivity index (χ0n) is 16.2. The summed E-state index contributed by atoms with van der Waals surface area (Å²) in [6, 6.07) is 7.93. The van der Waals surface area contributed by atoms with Crippen molar-refractivity contribution in [3.05, 3.63) is 41.7 Å². The van der Waals surface area contributed by atoms with E-state index in [1.807, 2.05) is 36.1 Å². The van der Waals surface area contributed by atoms with Crippen LogP contribution in [0.5, 0.6) is 0 Å². The minimum Gasteiger partial charge on any atom is -0.338 e. The van der Waals surface area contributed by atoms with Crippen molar-refractivity contribution in [3.63, 3.8) is 0 Å². The molecule has 4 heterocycles. The molecule has 0 radical (unpaired) electrons. The van der Waals surface area contributed by atoms with Gasteiger partial charge < -0.3 is 9.42 Å². The fourth-order valence-corrected chi connectivity index (χ4v) is 4.82. The summed E-state index contributed by atoms with van der Waals surface area (Å²) in [6.45, 7) is 4.35. The monoisotopic (exact) mass is 380 g/mol. The second-order valence-electron chi connectivity index (χ2n) is 8.22. The molecule has 1 spiro atoms. The Morgan fingerprint density at radius 1 is 1.29 bits per heavy atom. The van der Waals surface area contributed by atoms with Crippen LogP contribution in [-0.4, -0.2) is 62.7 Å². The Hall–Kier alpha value is -2.74. The largest absolute Gasteiger partial charge is 0.338 e. The van der Waals surface area contributed by atoms with Gasteiger partial charge in [0.1, 0.15) is 0 Å². The number of hydrogen-bond donors (Lipinski definition) is 1. The number of aromatic nitrogens is 4. The Labute approximate surface area is 162 Å². The topological polar surface area (TPSA) is 91.2 Å². The fraction of sp³-hybridized carbons (Fsp3) is 0.500. The number of carbonyl (C=O) groups is 1. The molecule has 1 aromatic carbocycles. The lowest BCUT2D eigenvalue weighted by molar-refractivity contribution is 0.0589. The Bertz CT molecular complexity index is 1020. The van der Waals surface area contributed by atoms with Crippen LogP contribution in [0.25, 0.3) is 10.9 Å². The summed E-state index contributed by atoms with van der Waals surface area (Å²) < 4.78 is 5.42. The summed E-state index contributed by atoms with van der Waals surface area (Å²) in [7, 11) is 2.12. The lowest BCUT2D eigenvalue weighted by Crippen LogP contribution is -2.44. The van der Waals surface area contributed by atoms with Gasteiger partial charge in [0.2, 0.25) is 5.89 Å². The Balaban J connectivity index is 1.29. The number of rotatable bonds is 2. The number of hydrogen-bond acceptors (Lipinski definition) is 6. The van der Waals surface area contributed by atoms with Gasteiger partial charge in [-0.3, -0.25) is 14.8 Å². The number of nitrogens with zero attached hydrogens (tertiary/aromatic N) is 5. The van der Waals surface area contributed by atoms with Crippen LogP contribution in [0.1, 0.15) is 47.5 Å². The highest BCUT2D eigenvalue weighted by Crippen LogP contribution is 2.48. The van der Waals surface area contributed by atoms with Gasteiger partial charge in [-0.15, -0.1) is 0 Å². The number of aryl methyl sites for hydroxylation is 1. The first-order valence-electron chi connectivity index (χ1n) is 9.78. The van der Waals surface area contributed by atoms with Crippen LogP contribution >= 0.6 is 0 Å². The van der Waals surface area contributed by atoms with E-state index in [0.29, 0.717) is 17.4 Å². The number of benzene rings is 1. The van der Waals surface area contributed by atoms with Crippen LogP contribution in [0, 0.1) is 12.3 Å². The summed E-state index contributed by atoms with van der Waals surface area (Å²) in [5, 5.41) is 12.1. The standard InChI is InChI=1S/C20H24N6O2/c1-13-21-18(28-24-13)16-11-20(12-25(16)2)7-9-26(10-8-20)19(27)17-14-5-3-4-6-15(14)22-23-17/h3-6,16H,7-12H2,1-2H3,(H,22,23). The van der Waals surface area contributed by atoms with Crippen LogP contribution < -0.4 is 0 Å². The van der Waals surface area contributed by atoms with E-state index in [9.17, 15) is 4.79 Å². The molecule has 0 aliphatic carbocycles. The highest BCUT2D eigenvalue weighted by molar-refractivity contribution is 6.04. The molecule has 146 valence electrons. The fourth-order valence-electron chi connectivity index (χ4n) is 4.82. The zero-order chi connectivity index (χ0) is 19.3. The number of H-pyrrole nitrogens is 1. The predicted octanol–water partition coefficient (Wildman–Crippen LogP) is 2.55. The minimum atomic E-state index is 0.0164. The number of carbonyl (C=O) groups excluding carboxylic acids is 1. The van der Waals surface area contributed by atoms with E-state index in [0.717, 1.165) is 49.8 Å². The zero-order valence-corrected chi connectivity index (χ0v) is 16.2. The van der Waals surface area contributed by atoms with E-state index in [1.165, 1.54) is 0 Å². The summed E-state index contributed by atoms with van der Waals surface area (Å²) >= 11 is 0. The predicted molar refractivity (Wildman–Crippen MR) is 103 cm³/mol. The number of aromatic amines is 1. The molecule has 1 N–H and O–H groups in total. The molecule has 2 aliphatic heterocycles. The molecular weight excluding hydrogens is 356 g/mol. The quantitative estimate of drug-likeness (QED) is 0.735. The van der Waals surface area contributed by atoms with Crippen molar-refractivity contribution in [2.45, 2.75) is 32.2 Å². The first kappa shape index (κ1) is 17.4. The maximum atomic E-state index is 13.0. The molecule has 2 fully saturated rings. The number of para-hydroxylation sites is 1. The first-order valence-corrected chi connectivity index (χ1v) is 9.78. The maximum Gasteiger partial charge on any atom is 0.274 e. The first-order chi connectivity index (χ1) is 13.5. The third-order valence-electron chi connectivity index (χ3n) is 6.36. The Morgan fingerprint density at radius 2 is 2.07 bits per heavy atom. The van der Waals surface area contributed by atoms with Crippen molar-refractivity contribution in [2.24, 2.45) is 5.41 Å². The molecule has 1 atom stereocenters. The number of amides is 1. The molecule has 28 heavy (non-hydrogen) atoms. The number of fused-ring (bicyclic) bond motifs is 1. The van der Waals surface area contributed by atoms with Gasteiger partial charge in [-0.05, 0) is 44.7 Å². The summed E-state index contributed by atoms with van der Waals surface area (Å²) in [5.74, 6) is 1.40. The van der Waals surface area contributed by atoms with Crippen LogP contribution in [0.15, 0.2) is 28.8 Å². The van der Waals surface area contributed by atoms with Crippen molar-refractivity contribution < 1.29 is 9.32 Å². The van der Waals surface area contributed by atoms with Gasteiger partial charge >= 0.3 is 0 Å². The molecule has 2 aromatic heterocycles. The van der Waals surface area contributed by atoms with Gasteiger partial charge in [0.25, 0.3) is 5.91 Å². The average Bonchev–Trinajstić information content (AvgIpc) is 3.39. The van der Waals surface area contributed by atoms with Crippen molar-refractivity contribution in [2.75, 3.05) is 26.7 Å². The van der Waals surface area contributed by atoms with Crippen molar-refractivity contribution in [1.29, 1.82) is 0 Å². The van der Waals surface area contributed by atoms with E-state index < -0.39 is 0 Å². The molecule has 0 saturated carbocycles. The van der Waals surface area contributed by atoms with Gasteiger partial charge in [0.05, 0.1) is 11.6 Å². The summed E-state index contributed by atoms with van der Waals surface area (Å²) in [4.78, 5) is 21.7. The smallest absolute Gasteiger partial charge is 0.274 e. The van der Waals surface area contributed by atoms with E-state index >= 15 is 0 Å². The molecule has 2 aliphatic rings. The average molecular weight is 380 g/mol. The molecule has 1 amide bonds. The van der Waals surface area contributed by atoms with E-state index in [-0.39, 0.29) is 17.4 Å². The Morgan fingerprint density at radius 3 is 2.82 bits per heavy atom. The second kappa shape index (κ2) is 6.41. The minimum absolute atomic E-state index is 0.0164. The molecule has 8 nitrogen and oxygen atoms in total. The SMILES string of the molecule is Cc1noc(C2CC3(CCN(C(=O)c4n[nH]c5ccccc45)CC3)CN2C)n1. The number of nitrogens with one attached hydrogen (secondary N) is 1. The molecule has 0 bridgehead atoms. The van der Waals surface area contributed by atoms with E-state index in [4.69, 9.17) is 4.52 Å². The highest BCUT2D eigenvalue weighted by atomic mass is 16.5. The Kier molecular flexibility index (Phi) is 3.97. The molecule has 1 unspecified atom stereocenters.